The Balaban J connectivity index is 1.83. The van der Waals surface area contributed by atoms with Crippen molar-refractivity contribution in [1.82, 2.24) is 24.5 Å². The van der Waals surface area contributed by atoms with Crippen LogP contribution in [0.5, 0.6) is 5.75 Å². The number of pyridine rings is 1. The second kappa shape index (κ2) is 5.88. The molecule has 9 heteroatoms. The van der Waals surface area contributed by atoms with E-state index >= 15 is 0 Å². The molecule has 0 unspecified atom stereocenters. The SMILES string of the molecule is Cn1cc(-c2c3oc4c(O)c(=O)ccc4c3[nH]c3c2c(=O)[nH]n3C2CCCC2)cn1. The Bertz CT molecular complexity index is 1570. The fourth-order valence-electron chi connectivity index (χ4n) is 4.73. The number of aryl methyl sites for hydroxylation is 1. The summed E-state index contributed by atoms with van der Waals surface area (Å²) < 4.78 is 9.55. The average molecular weight is 405 g/mol. The summed E-state index contributed by atoms with van der Waals surface area (Å²) >= 11 is 0. The molecule has 0 atom stereocenters. The lowest BCUT2D eigenvalue weighted by Crippen LogP contribution is -2.10. The molecule has 4 aromatic heterocycles. The van der Waals surface area contributed by atoms with Crippen LogP contribution in [0.25, 0.3) is 44.2 Å². The second-order valence-corrected chi connectivity index (χ2v) is 7.97. The van der Waals surface area contributed by atoms with Crippen LogP contribution in [-0.4, -0.2) is 29.7 Å². The number of furan rings is 1. The van der Waals surface area contributed by atoms with Crippen LogP contribution in [0.15, 0.2) is 38.5 Å². The molecule has 0 aliphatic heterocycles. The first-order chi connectivity index (χ1) is 14.5. The Morgan fingerprint density at radius 3 is 2.73 bits per heavy atom. The first-order valence-electron chi connectivity index (χ1n) is 9.96. The predicted octanol–water partition coefficient (Wildman–Crippen LogP) is 3.14. The average Bonchev–Trinajstić information content (AvgIpc) is 3.50. The van der Waals surface area contributed by atoms with Gasteiger partial charge in [0.15, 0.2) is 11.2 Å². The van der Waals surface area contributed by atoms with Crippen LogP contribution < -0.4 is 11.0 Å². The molecule has 1 aliphatic rings. The molecular formula is C21H19N5O4. The molecule has 5 aromatic rings. The highest BCUT2D eigenvalue weighted by atomic mass is 16.4. The molecule has 30 heavy (non-hydrogen) atoms. The lowest BCUT2D eigenvalue weighted by Gasteiger charge is -2.12. The van der Waals surface area contributed by atoms with Crippen molar-refractivity contribution in [2.45, 2.75) is 31.7 Å². The number of aromatic nitrogens is 5. The van der Waals surface area contributed by atoms with Gasteiger partial charge in [0.25, 0.3) is 5.56 Å². The number of nitrogens with one attached hydrogen (secondary N) is 2. The van der Waals surface area contributed by atoms with E-state index in [-0.39, 0.29) is 17.2 Å². The summed E-state index contributed by atoms with van der Waals surface area (Å²) in [5, 5.41) is 18.6. The molecule has 1 fully saturated rings. The molecule has 1 aliphatic carbocycles. The number of nitrogens with zero attached hydrogens (tertiary/aromatic N) is 3. The number of hydrogen-bond donors (Lipinski definition) is 3. The van der Waals surface area contributed by atoms with Gasteiger partial charge in [-0.3, -0.25) is 24.1 Å². The number of benzene rings is 1. The Labute approximate surface area is 168 Å². The minimum atomic E-state index is -0.512. The van der Waals surface area contributed by atoms with Gasteiger partial charge in [0.2, 0.25) is 11.2 Å². The number of fused-ring (bicyclic) bond motifs is 4. The molecule has 3 N–H and O–H groups in total. The molecule has 6 rings (SSSR count). The molecule has 0 saturated heterocycles. The standard InChI is InChI=1S/C21H19N5O4/c1-25-9-10(8-22-25)14-15-20(26(24-21(15)29)11-4-2-3-5-11)23-16-12-6-7-13(27)17(28)18(12)30-19(14)16/h6-9,11,23,28H,2-5H2,1H3,(H,24,29). The number of aromatic amines is 2. The molecule has 0 amide bonds. The zero-order chi connectivity index (χ0) is 20.6. The molecule has 1 aromatic carbocycles. The first-order valence-corrected chi connectivity index (χ1v) is 9.96. The van der Waals surface area contributed by atoms with Crippen molar-refractivity contribution in [2.24, 2.45) is 7.05 Å². The Morgan fingerprint density at radius 1 is 1.20 bits per heavy atom. The van der Waals surface area contributed by atoms with Crippen molar-refractivity contribution in [1.29, 1.82) is 0 Å². The lowest BCUT2D eigenvalue weighted by molar-refractivity contribution is 0.464. The minimum Gasteiger partial charge on any atom is -0.502 e. The lowest BCUT2D eigenvalue weighted by atomic mass is 10.1. The first kappa shape index (κ1) is 17.1. The van der Waals surface area contributed by atoms with Gasteiger partial charge in [-0.2, -0.15) is 5.10 Å². The Kier molecular flexibility index (Phi) is 3.36. The van der Waals surface area contributed by atoms with Crippen molar-refractivity contribution in [3.63, 3.8) is 0 Å². The summed E-state index contributed by atoms with van der Waals surface area (Å²) in [5.74, 6) is -0.438. The van der Waals surface area contributed by atoms with E-state index < -0.39 is 11.2 Å². The van der Waals surface area contributed by atoms with E-state index in [1.165, 1.54) is 6.07 Å². The minimum absolute atomic E-state index is 0.107. The molecule has 0 spiro atoms. The van der Waals surface area contributed by atoms with Gasteiger partial charge in [0.05, 0.1) is 23.1 Å². The van der Waals surface area contributed by atoms with Gasteiger partial charge >= 0.3 is 0 Å². The van der Waals surface area contributed by atoms with E-state index in [1.807, 2.05) is 10.9 Å². The summed E-state index contributed by atoms with van der Waals surface area (Å²) in [6.45, 7) is 0. The summed E-state index contributed by atoms with van der Waals surface area (Å²) in [6, 6.07) is 3.16. The monoisotopic (exact) mass is 405 g/mol. The number of rotatable bonds is 2. The van der Waals surface area contributed by atoms with E-state index in [1.54, 1.807) is 24.0 Å². The highest BCUT2D eigenvalue weighted by molar-refractivity contribution is 6.15. The van der Waals surface area contributed by atoms with Gasteiger partial charge in [-0.25, -0.2) is 0 Å². The maximum Gasteiger partial charge on any atom is 0.274 e. The third-order valence-corrected chi connectivity index (χ3v) is 6.13. The number of phenolic OH excluding ortho intramolecular Hbond substituents is 1. The molecule has 1 saturated carbocycles. The van der Waals surface area contributed by atoms with Crippen LogP contribution in [-0.2, 0) is 7.05 Å². The van der Waals surface area contributed by atoms with Crippen molar-refractivity contribution < 1.29 is 9.52 Å². The Hall–Kier alpha value is -3.75. The maximum atomic E-state index is 13.1. The van der Waals surface area contributed by atoms with Crippen LogP contribution in [0.2, 0.25) is 0 Å². The number of phenols is 1. The molecule has 9 nitrogen and oxygen atoms in total. The van der Waals surface area contributed by atoms with Crippen LogP contribution in [0, 0.1) is 0 Å². The normalized spacial score (nSPS) is 15.2. The van der Waals surface area contributed by atoms with Gasteiger partial charge in [-0.1, -0.05) is 12.8 Å². The third-order valence-electron chi connectivity index (χ3n) is 6.13. The number of hydrogen-bond acceptors (Lipinski definition) is 5. The zero-order valence-corrected chi connectivity index (χ0v) is 16.2. The van der Waals surface area contributed by atoms with Gasteiger partial charge in [0.1, 0.15) is 5.65 Å². The van der Waals surface area contributed by atoms with Gasteiger partial charge < -0.3 is 14.5 Å². The Morgan fingerprint density at radius 2 is 2.00 bits per heavy atom. The van der Waals surface area contributed by atoms with Crippen molar-refractivity contribution >= 4 is 33.1 Å². The molecule has 152 valence electrons. The van der Waals surface area contributed by atoms with E-state index in [2.05, 4.69) is 15.2 Å². The van der Waals surface area contributed by atoms with Crippen molar-refractivity contribution in [3.05, 3.63) is 45.1 Å². The summed E-state index contributed by atoms with van der Waals surface area (Å²) in [5.41, 5.74) is 2.39. The van der Waals surface area contributed by atoms with Crippen LogP contribution in [0.1, 0.15) is 31.7 Å². The van der Waals surface area contributed by atoms with Crippen LogP contribution in [0.3, 0.4) is 0 Å². The second-order valence-electron chi connectivity index (χ2n) is 7.97. The van der Waals surface area contributed by atoms with Crippen LogP contribution >= 0.6 is 0 Å². The molecule has 0 radical (unpaired) electrons. The van der Waals surface area contributed by atoms with E-state index in [0.29, 0.717) is 33.1 Å². The van der Waals surface area contributed by atoms with Crippen LogP contribution in [0.4, 0.5) is 0 Å². The quantitative estimate of drug-likeness (QED) is 0.416. The third kappa shape index (κ3) is 2.20. The van der Waals surface area contributed by atoms with Gasteiger partial charge in [0, 0.05) is 29.8 Å². The van der Waals surface area contributed by atoms with Crippen molar-refractivity contribution in [3.8, 4) is 16.9 Å². The predicted molar refractivity (Wildman–Crippen MR) is 112 cm³/mol. The summed E-state index contributed by atoms with van der Waals surface area (Å²) in [6.07, 6.45) is 7.73. The smallest absolute Gasteiger partial charge is 0.274 e. The molecule has 4 heterocycles. The van der Waals surface area contributed by atoms with E-state index in [0.717, 1.165) is 31.2 Å². The fraction of sp³-hybridized carbons (Fsp3) is 0.286. The van der Waals surface area contributed by atoms with Crippen molar-refractivity contribution in [2.75, 3.05) is 0 Å². The summed E-state index contributed by atoms with van der Waals surface area (Å²) in [7, 11) is 1.80. The maximum absolute atomic E-state index is 13.1. The number of aromatic hydroxyl groups is 1. The fourth-order valence-corrected chi connectivity index (χ4v) is 4.73. The van der Waals surface area contributed by atoms with E-state index in [4.69, 9.17) is 4.42 Å². The highest BCUT2D eigenvalue weighted by Gasteiger charge is 2.27. The highest BCUT2D eigenvalue weighted by Crippen LogP contribution is 2.41. The largest absolute Gasteiger partial charge is 0.502 e. The number of H-pyrrole nitrogens is 2. The molecule has 0 bridgehead atoms. The summed E-state index contributed by atoms with van der Waals surface area (Å²) in [4.78, 5) is 28.4. The van der Waals surface area contributed by atoms with Gasteiger partial charge in [-0.15, -0.1) is 0 Å². The van der Waals surface area contributed by atoms with Gasteiger partial charge in [-0.05, 0) is 25.0 Å². The molecular weight excluding hydrogens is 386 g/mol. The topological polar surface area (TPSA) is 122 Å². The van der Waals surface area contributed by atoms with E-state index in [9.17, 15) is 14.7 Å². The zero-order valence-electron chi connectivity index (χ0n) is 16.2.